The van der Waals surface area contributed by atoms with Crippen molar-refractivity contribution in [3.05, 3.63) is 89.1 Å². The lowest BCUT2D eigenvalue weighted by Gasteiger charge is -2.21. The van der Waals surface area contributed by atoms with Crippen LogP contribution < -0.4 is 15.4 Å². The van der Waals surface area contributed by atoms with E-state index in [1.54, 1.807) is 12.1 Å². The second kappa shape index (κ2) is 12.0. The van der Waals surface area contributed by atoms with Crippen LogP contribution in [0.3, 0.4) is 0 Å². The fraction of sp³-hybridized carbons (Fsp3) is 0.394. The fourth-order valence-corrected chi connectivity index (χ4v) is 5.69. The van der Waals surface area contributed by atoms with E-state index >= 15 is 0 Å². The van der Waals surface area contributed by atoms with Gasteiger partial charge in [-0.15, -0.1) is 0 Å². The van der Waals surface area contributed by atoms with E-state index in [0.717, 1.165) is 50.0 Å². The fourth-order valence-electron chi connectivity index (χ4n) is 5.69. The molecule has 200 valence electrons. The number of unbranched alkanes of at least 4 members (excludes halogenated alkanes) is 2. The van der Waals surface area contributed by atoms with Crippen molar-refractivity contribution in [1.29, 1.82) is 0 Å². The third-order valence-electron chi connectivity index (χ3n) is 7.87. The summed E-state index contributed by atoms with van der Waals surface area (Å²) in [5.41, 5.74) is 14.4. The van der Waals surface area contributed by atoms with Gasteiger partial charge in [-0.2, -0.15) is 0 Å². The van der Waals surface area contributed by atoms with Crippen molar-refractivity contribution in [2.45, 2.75) is 64.0 Å². The number of rotatable bonds is 11. The highest BCUT2D eigenvalue weighted by Crippen LogP contribution is 2.34. The van der Waals surface area contributed by atoms with Crippen molar-refractivity contribution in [2.24, 2.45) is 5.73 Å². The third kappa shape index (κ3) is 6.16. The van der Waals surface area contributed by atoms with Crippen LogP contribution in [-0.2, 0) is 32.2 Å². The van der Waals surface area contributed by atoms with Gasteiger partial charge in [0.2, 0.25) is 0 Å². The van der Waals surface area contributed by atoms with E-state index in [1.165, 1.54) is 52.7 Å². The number of hydrogen-bond donors (Lipinski definition) is 2. The van der Waals surface area contributed by atoms with Crippen LogP contribution in [0.1, 0.15) is 48.1 Å². The van der Waals surface area contributed by atoms with E-state index in [0.29, 0.717) is 12.4 Å². The van der Waals surface area contributed by atoms with Gasteiger partial charge in [0.25, 0.3) is 0 Å². The molecule has 5 rings (SSSR count). The molecule has 1 heterocycles. The van der Waals surface area contributed by atoms with Crippen LogP contribution in [-0.4, -0.2) is 36.4 Å². The Labute approximate surface area is 226 Å². The summed E-state index contributed by atoms with van der Waals surface area (Å²) >= 11 is 0. The molecular weight excluding hydrogens is 470 g/mol. The Hall–Kier alpha value is -3.44. The van der Waals surface area contributed by atoms with Crippen molar-refractivity contribution < 1.29 is 9.84 Å². The number of aromatic hydroxyl groups is 1. The summed E-state index contributed by atoms with van der Waals surface area (Å²) in [6.07, 6.45) is 8.62. The number of ether oxygens (including phenoxy) is 1. The summed E-state index contributed by atoms with van der Waals surface area (Å²) in [7, 11) is 4.17. The van der Waals surface area contributed by atoms with Crippen LogP contribution in [0, 0.1) is 0 Å². The molecule has 38 heavy (non-hydrogen) atoms. The van der Waals surface area contributed by atoms with Crippen molar-refractivity contribution in [1.82, 2.24) is 4.57 Å². The van der Waals surface area contributed by atoms with Crippen molar-refractivity contribution >= 4 is 16.6 Å². The van der Waals surface area contributed by atoms with Gasteiger partial charge in [0.15, 0.2) is 0 Å². The van der Waals surface area contributed by atoms with E-state index in [-0.39, 0.29) is 6.04 Å². The lowest BCUT2D eigenvalue weighted by Crippen LogP contribution is -2.28. The molecule has 1 aliphatic carbocycles. The van der Waals surface area contributed by atoms with E-state index in [1.807, 2.05) is 12.1 Å². The van der Waals surface area contributed by atoms with Crippen LogP contribution in [0.4, 0.5) is 5.69 Å². The molecule has 1 aliphatic rings. The monoisotopic (exact) mass is 511 g/mol. The van der Waals surface area contributed by atoms with E-state index < -0.39 is 0 Å². The number of phenols is 1. The molecule has 5 heteroatoms. The van der Waals surface area contributed by atoms with Gasteiger partial charge in [0, 0.05) is 55.4 Å². The minimum atomic E-state index is 0.236. The van der Waals surface area contributed by atoms with Crippen LogP contribution in [0.2, 0.25) is 0 Å². The maximum absolute atomic E-state index is 9.49. The maximum atomic E-state index is 9.49. The van der Waals surface area contributed by atoms with Crippen LogP contribution in [0.15, 0.2) is 66.7 Å². The number of aromatic nitrogens is 1. The Balaban J connectivity index is 1.22. The molecule has 3 N–H and O–H groups in total. The molecule has 5 nitrogen and oxygen atoms in total. The summed E-state index contributed by atoms with van der Waals surface area (Å²) in [6.45, 7) is 1.66. The Morgan fingerprint density at radius 3 is 2.42 bits per heavy atom. The quantitative estimate of drug-likeness (QED) is 0.233. The molecule has 1 atom stereocenters. The summed E-state index contributed by atoms with van der Waals surface area (Å²) in [4.78, 5) is 2.14. The molecule has 3 aromatic carbocycles. The summed E-state index contributed by atoms with van der Waals surface area (Å²) in [5.74, 6) is 1.21. The average Bonchev–Trinajstić information content (AvgIpc) is 3.22. The van der Waals surface area contributed by atoms with Crippen molar-refractivity contribution in [2.75, 3.05) is 25.6 Å². The lowest BCUT2D eigenvalue weighted by atomic mass is 9.92. The molecule has 1 unspecified atom stereocenters. The first-order valence-corrected chi connectivity index (χ1v) is 14.0. The highest BCUT2D eigenvalue weighted by molar-refractivity contribution is 5.87. The number of hydrogen-bond acceptors (Lipinski definition) is 4. The molecule has 0 spiro atoms. The predicted octanol–water partition coefficient (Wildman–Crippen LogP) is 6.26. The maximum Gasteiger partial charge on any atom is 0.120 e. The van der Waals surface area contributed by atoms with Crippen molar-refractivity contribution in [3.8, 4) is 11.5 Å². The van der Waals surface area contributed by atoms with Gasteiger partial charge < -0.3 is 25.0 Å². The zero-order valence-corrected chi connectivity index (χ0v) is 22.8. The summed E-state index contributed by atoms with van der Waals surface area (Å²) in [6, 6.07) is 23.1. The zero-order valence-electron chi connectivity index (χ0n) is 22.8. The Morgan fingerprint density at radius 2 is 1.66 bits per heavy atom. The molecule has 0 saturated heterocycles. The van der Waals surface area contributed by atoms with Gasteiger partial charge in [-0.05, 0) is 97.7 Å². The first kappa shape index (κ1) is 26.2. The standard InChI is InChI=1S/C33H41N3O2/c1-35(2)27-12-7-24(8-13-27)6-4-3-5-20-36-32-17-11-26(34)22-30(32)31-23-29(16-18-33(31)36)38-21-19-25-9-14-28(37)15-10-25/h7-10,12-16,18,23,26,37H,3-6,11,17,19-22,34H2,1-2H3. The molecule has 0 aliphatic heterocycles. The molecule has 0 radical (unpaired) electrons. The Morgan fingerprint density at radius 1 is 0.921 bits per heavy atom. The van der Waals surface area contributed by atoms with Gasteiger partial charge in [-0.25, -0.2) is 0 Å². The minimum absolute atomic E-state index is 0.236. The highest BCUT2D eigenvalue weighted by atomic mass is 16.5. The average molecular weight is 512 g/mol. The van der Waals surface area contributed by atoms with Crippen LogP contribution in [0.25, 0.3) is 10.9 Å². The number of nitrogens with two attached hydrogens (primary N) is 1. The molecular formula is C33H41N3O2. The van der Waals surface area contributed by atoms with Crippen LogP contribution >= 0.6 is 0 Å². The zero-order chi connectivity index (χ0) is 26.5. The second-order valence-corrected chi connectivity index (χ2v) is 10.9. The Kier molecular flexibility index (Phi) is 8.23. The largest absolute Gasteiger partial charge is 0.508 e. The normalized spacial score (nSPS) is 15.0. The number of aryl methyl sites for hydroxylation is 2. The SMILES string of the molecule is CN(C)c1ccc(CCCCCn2c3c(c4cc(OCCc5ccc(O)cc5)ccc42)CC(N)CC3)cc1. The minimum Gasteiger partial charge on any atom is -0.508 e. The van der Waals surface area contributed by atoms with E-state index in [4.69, 9.17) is 10.5 Å². The second-order valence-electron chi connectivity index (χ2n) is 10.9. The number of phenolic OH excluding ortho intramolecular Hbond substituents is 1. The molecule has 1 aromatic heterocycles. The number of fused-ring (bicyclic) bond motifs is 3. The van der Waals surface area contributed by atoms with Gasteiger partial charge in [-0.3, -0.25) is 0 Å². The molecule has 0 fully saturated rings. The highest BCUT2D eigenvalue weighted by Gasteiger charge is 2.23. The Bertz CT molecular complexity index is 1340. The summed E-state index contributed by atoms with van der Waals surface area (Å²) < 4.78 is 8.70. The van der Waals surface area contributed by atoms with Gasteiger partial charge in [0.1, 0.15) is 11.5 Å². The smallest absolute Gasteiger partial charge is 0.120 e. The summed E-state index contributed by atoms with van der Waals surface area (Å²) in [5, 5.41) is 10.8. The first-order chi connectivity index (χ1) is 18.5. The molecule has 0 saturated carbocycles. The number of nitrogens with zero attached hydrogens (tertiary/aromatic N) is 2. The van der Waals surface area contributed by atoms with Gasteiger partial charge in [-0.1, -0.05) is 30.7 Å². The molecule has 0 bridgehead atoms. The lowest BCUT2D eigenvalue weighted by molar-refractivity contribution is 0.322. The number of anilines is 1. The topological polar surface area (TPSA) is 63.6 Å². The number of benzene rings is 3. The molecule has 4 aromatic rings. The first-order valence-electron chi connectivity index (χ1n) is 14.0. The molecule has 0 amide bonds. The third-order valence-corrected chi connectivity index (χ3v) is 7.87. The van der Waals surface area contributed by atoms with E-state index in [9.17, 15) is 5.11 Å². The predicted molar refractivity (Wildman–Crippen MR) is 158 cm³/mol. The van der Waals surface area contributed by atoms with Gasteiger partial charge >= 0.3 is 0 Å². The van der Waals surface area contributed by atoms with Gasteiger partial charge in [0.05, 0.1) is 6.61 Å². The van der Waals surface area contributed by atoms with Crippen molar-refractivity contribution in [3.63, 3.8) is 0 Å². The van der Waals surface area contributed by atoms with Crippen LogP contribution in [0.5, 0.6) is 11.5 Å². The van der Waals surface area contributed by atoms with E-state index in [2.05, 4.69) is 66.0 Å².